The lowest BCUT2D eigenvalue weighted by atomic mass is 10.0. The number of nitrogens with one attached hydrogen (secondary N) is 3. The summed E-state index contributed by atoms with van der Waals surface area (Å²) in [5.41, 5.74) is 0.693. The monoisotopic (exact) mass is 283 g/mol. The van der Waals surface area contributed by atoms with Gasteiger partial charge in [0.1, 0.15) is 0 Å². The average Bonchev–Trinajstić information content (AvgIpc) is 2.83. The van der Waals surface area contributed by atoms with Crippen LogP contribution in [-0.4, -0.2) is 35.0 Å². The van der Waals surface area contributed by atoms with Crippen molar-refractivity contribution in [2.75, 3.05) is 5.75 Å². The van der Waals surface area contributed by atoms with Gasteiger partial charge >= 0.3 is 6.03 Å². The molecule has 0 saturated carbocycles. The zero-order valence-electron chi connectivity index (χ0n) is 11.2. The minimum absolute atomic E-state index is 0.0406. The van der Waals surface area contributed by atoms with Gasteiger partial charge in [-0.1, -0.05) is 13.0 Å². The van der Waals surface area contributed by atoms with Crippen molar-refractivity contribution in [3.63, 3.8) is 0 Å². The molecule has 106 valence electrons. The second kappa shape index (κ2) is 6.32. The van der Waals surface area contributed by atoms with Crippen LogP contribution in [0.2, 0.25) is 0 Å². The van der Waals surface area contributed by atoms with Crippen LogP contribution in [0.15, 0.2) is 12.3 Å². The number of hydrogen-bond acceptors (Lipinski definition) is 3. The summed E-state index contributed by atoms with van der Waals surface area (Å²) in [5.74, 6) is 1.03. The smallest absolute Gasteiger partial charge is 0.315 e. The van der Waals surface area contributed by atoms with Crippen molar-refractivity contribution in [3.8, 4) is 0 Å². The van der Waals surface area contributed by atoms with Crippen molar-refractivity contribution in [1.29, 1.82) is 0 Å². The molecule has 5 nitrogen and oxygen atoms in total. The topological polar surface area (TPSA) is 70.2 Å². The van der Waals surface area contributed by atoms with E-state index in [2.05, 4.69) is 22.5 Å². The summed E-state index contributed by atoms with van der Waals surface area (Å²) in [6.45, 7) is 5.43. The highest BCUT2D eigenvalue weighted by molar-refractivity contribution is 8.00. The Kier molecular flexibility index (Phi) is 4.74. The van der Waals surface area contributed by atoms with Crippen molar-refractivity contribution in [2.24, 2.45) is 0 Å². The molecular formula is C13H21N3O2S. The molecule has 3 atom stereocenters. The molecule has 2 heterocycles. The molecule has 1 unspecified atom stereocenters. The van der Waals surface area contributed by atoms with Gasteiger partial charge in [-0.2, -0.15) is 11.8 Å². The Morgan fingerprint density at radius 1 is 1.47 bits per heavy atom. The van der Waals surface area contributed by atoms with Gasteiger partial charge in [-0.05, 0) is 19.8 Å². The molecule has 0 bridgehead atoms. The molecule has 0 radical (unpaired) electrons. The Bertz CT molecular complexity index is 386. The molecule has 0 aromatic heterocycles. The molecule has 0 aromatic carbocycles. The summed E-state index contributed by atoms with van der Waals surface area (Å²) >= 11 is 1.91. The summed E-state index contributed by atoms with van der Waals surface area (Å²) in [4.78, 5) is 22.7. The zero-order valence-corrected chi connectivity index (χ0v) is 12.0. The number of allylic oxidation sites excluding steroid dienone is 1. The van der Waals surface area contributed by atoms with E-state index in [0.717, 1.165) is 25.0 Å². The van der Waals surface area contributed by atoms with Gasteiger partial charge in [-0.25, -0.2) is 4.79 Å². The van der Waals surface area contributed by atoms with E-state index in [9.17, 15) is 9.59 Å². The summed E-state index contributed by atoms with van der Waals surface area (Å²) in [6, 6.07) is 0.511. The number of unbranched alkanes of at least 4 members (excludes halogenated alkanes) is 1. The first kappa shape index (κ1) is 14.2. The Hall–Kier alpha value is -1.17. The van der Waals surface area contributed by atoms with Crippen molar-refractivity contribution in [1.82, 2.24) is 16.0 Å². The largest absolute Gasteiger partial charge is 0.332 e. The summed E-state index contributed by atoms with van der Waals surface area (Å²) in [6.07, 6.45) is 3.49. The van der Waals surface area contributed by atoms with Crippen molar-refractivity contribution < 1.29 is 9.59 Å². The maximum Gasteiger partial charge on any atom is 0.315 e. The van der Waals surface area contributed by atoms with Crippen molar-refractivity contribution in [3.05, 3.63) is 12.3 Å². The number of thioether (sulfide) groups is 1. The van der Waals surface area contributed by atoms with E-state index in [1.807, 2.05) is 11.8 Å². The van der Waals surface area contributed by atoms with Crippen LogP contribution < -0.4 is 16.0 Å². The minimum Gasteiger partial charge on any atom is -0.332 e. The van der Waals surface area contributed by atoms with Gasteiger partial charge in [0.2, 0.25) is 5.91 Å². The Morgan fingerprint density at radius 3 is 3.00 bits per heavy atom. The van der Waals surface area contributed by atoms with Crippen molar-refractivity contribution in [2.45, 2.75) is 49.9 Å². The average molecular weight is 283 g/mol. The van der Waals surface area contributed by atoms with E-state index in [1.165, 1.54) is 0 Å². The van der Waals surface area contributed by atoms with Crippen LogP contribution in [0.5, 0.6) is 0 Å². The van der Waals surface area contributed by atoms with E-state index in [-0.39, 0.29) is 24.0 Å². The Morgan fingerprint density at radius 2 is 2.26 bits per heavy atom. The fourth-order valence-corrected chi connectivity index (χ4v) is 4.12. The normalized spacial score (nSPS) is 28.5. The first-order chi connectivity index (χ1) is 9.06. The molecular weight excluding hydrogens is 262 g/mol. The number of carbonyl (C=O) groups excluding carboxylic acids is 2. The summed E-state index contributed by atoms with van der Waals surface area (Å²) in [7, 11) is 0. The molecule has 0 spiro atoms. The van der Waals surface area contributed by atoms with Gasteiger partial charge in [0.05, 0.1) is 12.1 Å². The van der Waals surface area contributed by atoms with Crippen LogP contribution in [0.1, 0.15) is 32.6 Å². The molecule has 3 amide bonds. The van der Waals surface area contributed by atoms with E-state index < -0.39 is 0 Å². The third-order valence-electron chi connectivity index (χ3n) is 3.43. The number of urea groups is 1. The third kappa shape index (κ3) is 3.89. The molecule has 2 fully saturated rings. The van der Waals surface area contributed by atoms with Crippen LogP contribution in [0.4, 0.5) is 4.79 Å². The number of carbonyl (C=O) groups is 2. The lowest BCUT2D eigenvalue weighted by Gasteiger charge is -2.16. The number of amides is 3. The number of rotatable bonds is 6. The minimum atomic E-state index is -0.0406. The van der Waals surface area contributed by atoms with E-state index >= 15 is 0 Å². The SMILES string of the molecule is C=C(C)NC(=O)CCCCC1SC[C@@H]2NC(=O)N[C@H]12. The van der Waals surface area contributed by atoms with Crippen LogP contribution in [0, 0.1) is 0 Å². The second-order valence-electron chi connectivity index (χ2n) is 5.20. The van der Waals surface area contributed by atoms with Gasteiger partial charge in [0, 0.05) is 23.1 Å². The molecule has 0 aliphatic carbocycles. The zero-order chi connectivity index (χ0) is 13.8. The molecule has 2 aliphatic heterocycles. The van der Waals surface area contributed by atoms with E-state index in [0.29, 0.717) is 17.4 Å². The van der Waals surface area contributed by atoms with Gasteiger partial charge in [0.25, 0.3) is 0 Å². The molecule has 0 aromatic rings. The number of hydrogen-bond donors (Lipinski definition) is 3. The van der Waals surface area contributed by atoms with Crippen molar-refractivity contribution >= 4 is 23.7 Å². The van der Waals surface area contributed by atoms with Gasteiger partial charge in [0.15, 0.2) is 0 Å². The highest BCUT2D eigenvalue weighted by Crippen LogP contribution is 2.33. The maximum absolute atomic E-state index is 11.4. The van der Waals surface area contributed by atoms with E-state index in [1.54, 1.807) is 6.92 Å². The highest BCUT2D eigenvalue weighted by atomic mass is 32.2. The molecule has 2 aliphatic rings. The van der Waals surface area contributed by atoms with Gasteiger partial charge < -0.3 is 16.0 Å². The molecule has 2 rings (SSSR count). The van der Waals surface area contributed by atoms with Crippen LogP contribution in [0.25, 0.3) is 0 Å². The van der Waals surface area contributed by atoms with Gasteiger partial charge in [-0.3, -0.25) is 4.79 Å². The standard InChI is InChI=1S/C13H21N3O2S/c1-8(2)14-11(17)6-4-3-5-10-12-9(7-19-10)15-13(18)16-12/h9-10,12H,1,3-7H2,2H3,(H,14,17)(H2,15,16,18)/t9-,10?,12-/m0/s1. The second-order valence-corrected chi connectivity index (χ2v) is 6.47. The Balaban J connectivity index is 1.63. The highest BCUT2D eigenvalue weighted by Gasteiger charge is 2.42. The molecule has 3 N–H and O–H groups in total. The lowest BCUT2D eigenvalue weighted by Crippen LogP contribution is -2.36. The van der Waals surface area contributed by atoms with Gasteiger partial charge in [-0.15, -0.1) is 0 Å². The fraction of sp³-hybridized carbons (Fsp3) is 0.692. The number of fused-ring (bicyclic) bond motifs is 1. The van der Waals surface area contributed by atoms with Crippen LogP contribution in [-0.2, 0) is 4.79 Å². The first-order valence-corrected chi connectivity index (χ1v) is 7.75. The first-order valence-electron chi connectivity index (χ1n) is 6.70. The molecule has 2 saturated heterocycles. The predicted molar refractivity (Wildman–Crippen MR) is 76.9 cm³/mol. The molecule has 6 heteroatoms. The maximum atomic E-state index is 11.4. The quantitative estimate of drug-likeness (QED) is 0.509. The van der Waals surface area contributed by atoms with Crippen LogP contribution >= 0.6 is 11.8 Å². The lowest BCUT2D eigenvalue weighted by molar-refractivity contribution is -0.120. The van der Waals surface area contributed by atoms with Crippen LogP contribution in [0.3, 0.4) is 0 Å². The fourth-order valence-electron chi connectivity index (χ4n) is 2.57. The van der Waals surface area contributed by atoms with E-state index in [4.69, 9.17) is 0 Å². The predicted octanol–water partition coefficient (Wildman–Crippen LogP) is 1.36. The summed E-state index contributed by atoms with van der Waals surface area (Å²) < 4.78 is 0. The molecule has 19 heavy (non-hydrogen) atoms. The Labute approximate surface area is 118 Å². The summed E-state index contributed by atoms with van der Waals surface area (Å²) in [5, 5.41) is 9.10. The third-order valence-corrected chi connectivity index (χ3v) is 4.94.